The van der Waals surface area contributed by atoms with Crippen molar-refractivity contribution in [3.8, 4) is 5.75 Å². The normalized spacial score (nSPS) is 15.3. The van der Waals surface area contributed by atoms with Crippen LogP contribution in [0.15, 0.2) is 18.2 Å². The van der Waals surface area contributed by atoms with E-state index in [1.165, 1.54) is 6.42 Å². The number of rotatable bonds is 3. The highest BCUT2D eigenvalue weighted by atomic mass is 127. The van der Waals surface area contributed by atoms with Crippen LogP contribution in [0, 0.1) is 9.49 Å². The zero-order chi connectivity index (χ0) is 15.2. The van der Waals surface area contributed by atoms with Crippen LogP contribution in [0.4, 0.5) is 0 Å². The molecule has 0 unspecified atom stereocenters. The van der Waals surface area contributed by atoms with Crippen LogP contribution in [0.5, 0.6) is 5.75 Å². The SMILES string of the molecule is COc1ccc(C(=O)NNC(=O)C2CCCCC2)cc1I. The highest BCUT2D eigenvalue weighted by Gasteiger charge is 2.21. The van der Waals surface area contributed by atoms with E-state index in [1.54, 1.807) is 25.3 Å². The largest absolute Gasteiger partial charge is 0.496 e. The molecule has 1 aliphatic carbocycles. The Hall–Kier alpha value is -1.31. The molecule has 1 aromatic rings. The van der Waals surface area contributed by atoms with E-state index < -0.39 is 0 Å². The quantitative estimate of drug-likeness (QED) is 0.604. The van der Waals surface area contributed by atoms with Crippen molar-refractivity contribution in [1.29, 1.82) is 0 Å². The fourth-order valence-electron chi connectivity index (χ4n) is 2.46. The molecule has 0 radical (unpaired) electrons. The van der Waals surface area contributed by atoms with E-state index in [9.17, 15) is 9.59 Å². The van der Waals surface area contributed by atoms with Gasteiger partial charge in [-0.2, -0.15) is 0 Å². The molecule has 0 aromatic heterocycles. The molecule has 1 fully saturated rings. The Morgan fingerprint density at radius 3 is 2.52 bits per heavy atom. The minimum Gasteiger partial charge on any atom is -0.496 e. The number of hydrogen-bond acceptors (Lipinski definition) is 3. The Bertz CT molecular complexity index is 528. The summed E-state index contributed by atoms with van der Waals surface area (Å²) < 4.78 is 6.00. The molecule has 2 N–H and O–H groups in total. The molecule has 2 rings (SSSR count). The van der Waals surface area contributed by atoms with Crippen molar-refractivity contribution < 1.29 is 14.3 Å². The van der Waals surface area contributed by atoms with E-state index in [2.05, 4.69) is 33.4 Å². The van der Waals surface area contributed by atoms with Gasteiger partial charge in [0.05, 0.1) is 10.7 Å². The van der Waals surface area contributed by atoms with Crippen molar-refractivity contribution in [2.24, 2.45) is 5.92 Å². The predicted molar refractivity (Wildman–Crippen MR) is 87.9 cm³/mol. The number of ether oxygens (including phenoxy) is 1. The van der Waals surface area contributed by atoms with Gasteiger partial charge in [0.1, 0.15) is 5.75 Å². The van der Waals surface area contributed by atoms with Crippen LogP contribution in [-0.4, -0.2) is 18.9 Å². The number of carbonyl (C=O) groups excluding carboxylic acids is 2. The molecule has 0 atom stereocenters. The number of carbonyl (C=O) groups is 2. The minimum absolute atomic E-state index is 0.0232. The second-order valence-electron chi connectivity index (χ2n) is 5.13. The van der Waals surface area contributed by atoms with Gasteiger partial charge in [0.2, 0.25) is 5.91 Å². The summed E-state index contributed by atoms with van der Waals surface area (Å²) in [5, 5.41) is 0. The van der Waals surface area contributed by atoms with Crippen LogP contribution in [0.1, 0.15) is 42.5 Å². The number of methoxy groups -OCH3 is 1. The molecule has 1 aliphatic rings. The van der Waals surface area contributed by atoms with E-state index in [0.717, 1.165) is 35.0 Å². The standard InChI is InChI=1S/C15H19IN2O3/c1-21-13-8-7-11(9-12(13)16)15(20)18-17-14(19)10-5-3-2-4-6-10/h7-10H,2-6H2,1H3,(H,17,19)(H,18,20). The molecule has 0 bridgehead atoms. The predicted octanol–water partition coefficient (Wildman–Crippen LogP) is 2.64. The maximum absolute atomic E-state index is 12.0. The monoisotopic (exact) mass is 402 g/mol. The molecule has 2 amide bonds. The van der Waals surface area contributed by atoms with Crippen molar-refractivity contribution in [2.45, 2.75) is 32.1 Å². The van der Waals surface area contributed by atoms with Crippen LogP contribution in [0.25, 0.3) is 0 Å². The molecular weight excluding hydrogens is 383 g/mol. The van der Waals surface area contributed by atoms with Crippen molar-refractivity contribution in [3.63, 3.8) is 0 Å². The van der Waals surface area contributed by atoms with E-state index in [-0.39, 0.29) is 17.7 Å². The molecule has 0 aliphatic heterocycles. The fourth-order valence-corrected chi connectivity index (χ4v) is 3.20. The highest BCUT2D eigenvalue weighted by molar-refractivity contribution is 14.1. The maximum atomic E-state index is 12.0. The molecule has 6 heteroatoms. The van der Waals surface area contributed by atoms with Gasteiger partial charge in [0.15, 0.2) is 0 Å². The van der Waals surface area contributed by atoms with E-state index in [1.807, 2.05) is 0 Å². The van der Waals surface area contributed by atoms with Gasteiger partial charge in [0, 0.05) is 11.5 Å². The topological polar surface area (TPSA) is 67.4 Å². The summed E-state index contributed by atoms with van der Waals surface area (Å²) in [6, 6.07) is 5.13. The maximum Gasteiger partial charge on any atom is 0.269 e. The first kappa shape index (κ1) is 16.1. The summed E-state index contributed by atoms with van der Waals surface area (Å²) in [6.07, 6.45) is 5.18. The summed E-state index contributed by atoms with van der Waals surface area (Å²) >= 11 is 2.10. The van der Waals surface area contributed by atoms with Gasteiger partial charge in [-0.25, -0.2) is 0 Å². The van der Waals surface area contributed by atoms with Gasteiger partial charge < -0.3 is 4.74 Å². The molecule has 114 valence electrons. The Labute approximate surface area is 137 Å². The zero-order valence-electron chi connectivity index (χ0n) is 11.9. The summed E-state index contributed by atoms with van der Waals surface area (Å²) in [5.41, 5.74) is 5.49. The Morgan fingerprint density at radius 1 is 1.19 bits per heavy atom. The van der Waals surface area contributed by atoms with Crippen molar-refractivity contribution >= 4 is 34.4 Å². The lowest BCUT2D eigenvalue weighted by molar-refractivity contribution is -0.126. The van der Waals surface area contributed by atoms with Gasteiger partial charge in [-0.3, -0.25) is 20.4 Å². The Kier molecular flexibility index (Phi) is 5.84. The third-order valence-electron chi connectivity index (χ3n) is 3.69. The van der Waals surface area contributed by atoms with Crippen LogP contribution >= 0.6 is 22.6 Å². The summed E-state index contributed by atoms with van der Waals surface area (Å²) in [6.45, 7) is 0. The lowest BCUT2D eigenvalue weighted by Gasteiger charge is -2.20. The van der Waals surface area contributed by atoms with Crippen molar-refractivity contribution in [2.75, 3.05) is 7.11 Å². The lowest BCUT2D eigenvalue weighted by atomic mass is 9.89. The van der Waals surface area contributed by atoms with E-state index in [4.69, 9.17) is 4.74 Å². The minimum atomic E-state index is -0.320. The number of benzene rings is 1. The number of amides is 2. The van der Waals surface area contributed by atoms with Gasteiger partial charge in [0.25, 0.3) is 5.91 Å². The first-order valence-electron chi connectivity index (χ1n) is 7.05. The third kappa shape index (κ3) is 4.33. The first-order valence-corrected chi connectivity index (χ1v) is 8.13. The van der Waals surface area contributed by atoms with E-state index in [0.29, 0.717) is 5.56 Å². The van der Waals surface area contributed by atoms with Crippen LogP contribution in [-0.2, 0) is 4.79 Å². The van der Waals surface area contributed by atoms with E-state index >= 15 is 0 Å². The lowest BCUT2D eigenvalue weighted by Crippen LogP contribution is -2.44. The first-order chi connectivity index (χ1) is 10.1. The molecule has 5 nitrogen and oxygen atoms in total. The average molecular weight is 402 g/mol. The highest BCUT2D eigenvalue weighted by Crippen LogP contribution is 2.23. The molecule has 0 heterocycles. The molecule has 1 saturated carbocycles. The molecular formula is C15H19IN2O3. The molecule has 0 saturated heterocycles. The fraction of sp³-hybridized carbons (Fsp3) is 0.467. The number of nitrogens with one attached hydrogen (secondary N) is 2. The van der Waals surface area contributed by atoms with Crippen molar-refractivity contribution in [3.05, 3.63) is 27.3 Å². The second-order valence-corrected chi connectivity index (χ2v) is 6.29. The number of hydrazine groups is 1. The molecule has 1 aromatic carbocycles. The van der Waals surface area contributed by atoms with Gasteiger partial charge in [-0.05, 0) is 53.6 Å². The smallest absolute Gasteiger partial charge is 0.269 e. The Morgan fingerprint density at radius 2 is 1.90 bits per heavy atom. The van der Waals surface area contributed by atoms with Gasteiger partial charge in [-0.1, -0.05) is 19.3 Å². The number of hydrogen-bond donors (Lipinski definition) is 2. The summed E-state index contributed by atoms with van der Waals surface area (Å²) in [5.74, 6) is 0.333. The van der Waals surface area contributed by atoms with Crippen molar-refractivity contribution in [1.82, 2.24) is 10.9 Å². The summed E-state index contributed by atoms with van der Waals surface area (Å²) in [4.78, 5) is 24.0. The van der Waals surface area contributed by atoms with Gasteiger partial charge >= 0.3 is 0 Å². The second kappa shape index (κ2) is 7.63. The molecule has 0 spiro atoms. The van der Waals surface area contributed by atoms with Gasteiger partial charge in [-0.15, -0.1) is 0 Å². The van der Waals surface area contributed by atoms with Crippen LogP contribution in [0.3, 0.4) is 0 Å². The van der Waals surface area contributed by atoms with Crippen LogP contribution in [0.2, 0.25) is 0 Å². The third-order valence-corrected chi connectivity index (χ3v) is 4.53. The zero-order valence-corrected chi connectivity index (χ0v) is 14.1. The Balaban J connectivity index is 1.89. The summed E-state index contributed by atoms with van der Waals surface area (Å²) in [7, 11) is 1.58. The van der Waals surface area contributed by atoms with Crippen LogP contribution < -0.4 is 15.6 Å². The number of halogens is 1. The average Bonchev–Trinajstić information content (AvgIpc) is 2.53. The molecule has 21 heavy (non-hydrogen) atoms.